The minimum Gasteiger partial charge on any atom is -0.462 e. The molecule has 0 spiro atoms. The van der Waals surface area contributed by atoms with Crippen molar-refractivity contribution in [3.05, 3.63) is 54.3 Å². The number of unbranched alkanes of at least 4 members (excludes halogenated alkanes) is 15. The molecule has 4 N–H and O–H groups in total. The van der Waals surface area contributed by atoms with Crippen LogP contribution < -0.4 is 0 Å². The first-order valence-electron chi connectivity index (χ1n) is 21.5. The molecule has 0 amide bonds. The minimum absolute atomic E-state index is 0.204. The van der Waals surface area contributed by atoms with Gasteiger partial charge in [-0.2, -0.15) is 0 Å². The summed E-state index contributed by atoms with van der Waals surface area (Å²) < 4.78 is 22.1. The van der Waals surface area contributed by atoms with Gasteiger partial charge >= 0.3 is 11.9 Å². The predicted octanol–water partition coefficient (Wildman–Crippen LogP) is 8.65. The zero-order chi connectivity index (χ0) is 40.2. The molecule has 0 saturated carbocycles. The molecule has 55 heavy (non-hydrogen) atoms. The van der Waals surface area contributed by atoms with Crippen LogP contribution in [-0.4, -0.2) is 89.0 Å². The lowest BCUT2D eigenvalue weighted by Crippen LogP contribution is -2.59. The van der Waals surface area contributed by atoms with Gasteiger partial charge in [0.2, 0.25) is 0 Å². The quantitative estimate of drug-likeness (QED) is 0.0216. The van der Waals surface area contributed by atoms with Crippen molar-refractivity contribution in [3.63, 3.8) is 0 Å². The van der Waals surface area contributed by atoms with Gasteiger partial charge in [-0.1, -0.05) is 115 Å². The second-order valence-corrected chi connectivity index (χ2v) is 14.5. The Hall–Kier alpha value is -2.56. The summed E-state index contributed by atoms with van der Waals surface area (Å²) in [5.41, 5.74) is 3.29. The predicted molar refractivity (Wildman–Crippen MR) is 218 cm³/mol. The van der Waals surface area contributed by atoms with Gasteiger partial charge in [-0.15, -0.1) is 5.73 Å². The number of hydrogen-bond acceptors (Lipinski definition) is 10. The number of esters is 2. The third-order valence-corrected chi connectivity index (χ3v) is 9.47. The summed E-state index contributed by atoms with van der Waals surface area (Å²) in [5, 5.41) is 40.0. The first-order chi connectivity index (χ1) is 26.8. The average molecular weight is 777 g/mol. The summed E-state index contributed by atoms with van der Waals surface area (Å²) in [4.78, 5) is 25.3. The Labute approximate surface area is 332 Å². The Balaban J connectivity index is 2.39. The molecule has 0 bridgehead atoms. The average Bonchev–Trinajstić information content (AvgIpc) is 3.18. The molecule has 1 aliphatic heterocycles. The van der Waals surface area contributed by atoms with Gasteiger partial charge in [-0.25, -0.2) is 0 Å². The standard InChI is InChI=1S/C45H76O10/c1-3-5-7-9-11-13-15-17-19-21-23-25-27-29-31-33-40(47)52-36-38(37-53-45-44(51)43(50)42(49)39(35-46)55-45)54-41(48)34-32-30-28-26-24-22-20-18-16-14-12-10-8-6-4-2/h5,7,11,13,16-17,19-20,38-39,42-46,49-51H,3-4,6,8-10,12,14-15,21-37H2,1-2H3/b7-5+,13-11+,19-17+/t18?,38-,39-,42+,43?,44?,45-/m0/s1. The molecular formula is C45H76O10. The molecule has 0 radical (unpaired) electrons. The van der Waals surface area contributed by atoms with Crippen molar-refractivity contribution in [1.82, 2.24) is 0 Å². The van der Waals surface area contributed by atoms with E-state index in [-0.39, 0.29) is 26.1 Å². The van der Waals surface area contributed by atoms with E-state index in [9.17, 15) is 30.0 Å². The summed E-state index contributed by atoms with van der Waals surface area (Å²) in [6, 6.07) is 0. The molecule has 0 aliphatic carbocycles. The van der Waals surface area contributed by atoms with E-state index in [0.29, 0.717) is 12.8 Å². The minimum atomic E-state index is -1.60. The Bertz CT molecular complexity index is 1090. The molecule has 1 aliphatic rings. The topological polar surface area (TPSA) is 152 Å². The molecule has 6 atom stereocenters. The SMILES string of the molecule is CC/C=C/C/C=C/C/C=C/CCCCCCCC(=O)OC[C@@H](CO[C@H]1O[C@@H](CO)[C@@H](O)C(O)C1O)OC(=O)CCCCCCCC=C=CCCCCCCC. The maximum Gasteiger partial charge on any atom is 0.306 e. The molecule has 2 unspecified atom stereocenters. The highest BCUT2D eigenvalue weighted by Gasteiger charge is 2.44. The lowest BCUT2D eigenvalue weighted by atomic mass is 9.99. The van der Waals surface area contributed by atoms with Gasteiger partial charge in [0.05, 0.1) is 13.2 Å². The number of aliphatic hydroxyl groups is 4. The number of ether oxygens (including phenoxy) is 4. The Morgan fingerprint density at radius 2 is 1.18 bits per heavy atom. The highest BCUT2D eigenvalue weighted by molar-refractivity contribution is 5.70. The van der Waals surface area contributed by atoms with E-state index in [0.717, 1.165) is 89.9 Å². The van der Waals surface area contributed by atoms with Gasteiger partial charge in [0, 0.05) is 12.8 Å². The number of hydrogen-bond donors (Lipinski definition) is 4. The van der Waals surface area contributed by atoms with Gasteiger partial charge in [-0.05, 0) is 82.8 Å². The molecule has 1 rings (SSSR count). The van der Waals surface area contributed by atoms with Crippen molar-refractivity contribution in [2.24, 2.45) is 0 Å². The zero-order valence-electron chi connectivity index (χ0n) is 34.2. The first-order valence-corrected chi connectivity index (χ1v) is 21.5. The summed E-state index contributed by atoms with van der Waals surface area (Å²) in [7, 11) is 0. The Kier molecular flexibility index (Phi) is 32.9. The van der Waals surface area contributed by atoms with E-state index in [1.54, 1.807) is 0 Å². The van der Waals surface area contributed by atoms with Gasteiger partial charge in [-0.3, -0.25) is 9.59 Å². The smallest absolute Gasteiger partial charge is 0.306 e. The number of carbonyl (C=O) groups is 2. The van der Waals surface area contributed by atoms with Crippen molar-refractivity contribution in [3.8, 4) is 0 Å². The molecule has 1 saturated heterocycles. The van der Waals surface area contributed by atoms with Crippen LogP contribution in [0.4, 0.5) is 0 Å². The molecule has 0 aromatic rings. The first kappa shape index (κ1) is 50.5. The van der Waals surface area contributed by atoms with Crippen LogP contribution in [0, 0.1) is 0 Å². The van der Waals surface area contributed by atoms with Crippen molar-refractivity contribution in [2.45, 2.75) is 198 Å². The highest BCUT2D eigenvalue weighted by Crippen LogP contribution is 2.22. The molecule has 0 aromatic carbocycles. The van der Waals surface area contributed by atoms with E-state index in [4.69, 9.17) is 18.9 Å². The fourth-order valence-electron chi connectivity index (χ4n) is 6.06. The number of allylic oxidation sites excluding steroid dienone is 7. The number of aliphatic hydroxyl groups excluding tert-OH is 4. The zero-order valence-corrected chi connectivity index (χ0v) is 34.2. The third kappa shape index (κ3) is 27.6. The normalized spacial score (nSPS) is 20.6. The Morgan fingerprint density at radius 1 is 0.636 bits per heavy atom. The van der Waals surface area contributed by atoms with E-state index in [1.165, 1.54) is 32.1 Å². The van der Waals surface area contributed by atoms with Crippen LogP contribution in [0.1, 0.15) is 162 Å². The van der Waals surface area contributed by atoms with Crippen molar-refractivity contribution in [2.75, 3.05) is 19.8 Å². The van der Waals surface area contributed by atoms with Gasteiger partial charge in [0.15, 0.2) is 12.4 Å². The Morgan fingerprint density at radius 3 is 1.80 bits per heavy atom. The maximum atomic E-state index is 12.7. The van der Waals surface area contributed by atoms with Crippen LogP contribution in [0.5, 0.6) is 0 Å². The lowest BCUT2D eigenvalue weighted by Gasteiger charge is -2.39. The fourth-order valence-corrected chi connectivity index (χ4v) is 6.06. The summed E-state index contributed by atoms with van der Waals surface area (Å²) in [5.74, 6) is -0.852. The van der Waals surface area contributed by atoms with E-state index in [2.05, 4.69) is 68.2 Å². The number of carbonyl (C=O) groups excluding carboxylic acids is 2. The van der Waals surface area contributed by atoms with Crippen LogP contribution in [0.2, 0.25) is 0 Å². The maximum absolute atomic E-state index is 12.7. The van der Waals surface area contributed by atoms with E-state index >= 15 is 0 Å². The van der Waals surface area contributed by atoms with E-state index in [1.807, 2.05) is 0 Å². The second kappa shape index (κ2) is 35.8. The van der Waals surface area contributed by atoms with Crippen LogP contribution >= 0.6 is 0 Å². The van der Waals surface area contributed by atoms with Crippen LogP contribution in [0.3, 0.4) is 0 Å². The molecule has 1 heterocycles. The lowest BCUT2D eigenvalue weighted by molar-refractivity contribution is -0.305. The van der Waals surface area contributed by atoms with Crippen LogP contribution in [0.25, 0.3) is 0 Å². The summed E-state index contributed by atoms with van der Waals surface area (Å²) >= 11 is 0. The largest absolute Gasteiger partial charge is 0.462 e. The second-order valence-electron chi connectivity index (χ2n) is 14.5. The molecule has 10 nitrogen and oxygen atoms in total. The number of rotatable bonds is 34. The summed E-state index contributed by atoms with van der Waals surface area (Å²) in [6.45, 7) is 3.24. The fraction of sp³-hybridized carbons (Fsp3) is 0.756. The van der Waals surface area contributed by atoms with Gasteiger partial charge in [0.1, 0.15) is 31.0 Å². The summed E-state index contributed by atoms with van der Waals surface area (Å²) in [6.07, 6.45) is 31.8. The van der Waals surface area contributed by atoms with Gasteiger partial charge < -0.3 is 39.4 Å². The third-order valence-electron chi connectivity index (χ3n) is 9.47. The van der Waals surface area contributed by atoms with Crippen molar-refractivity contribution >= 4 is 11.9 Å². The monoisotopic (exact) mass is 777 g/mol. The molecule has 316 valence electrons. The van der Waals surface area contributed by atoms with Crippen LogP contribution in [0.15, 0.2) is 54.3 Å². The van der Waals surface area contributed by atoms with Crippen molar-refractivity contribution < 1.29 is 49.0 Å². The highest BCUT2D eigenvalue weighted by atomic mass is 16.7. The molecule has 10 heteroatoms. The molecule has 0 aromatic heterocycles. The van der Waals surface area contributed by atoms with Crippen LogP contribution in [-0.2, 0) is 28.5 Å². The molecule has 1 fully saturated rings. The molecular weight excluding hydrogens is 700 g/mol. The van der Waals surface area contributed by atoms with Crippen molar-refractivity contribution in [1.29, 1.82) is 0 Å². The van der Waals surface area contributed by atoms with Gasteiger partial charge in [0.25, 0.3) is 0 Å². The van der Waals surface area contributed by atoms with E-state index < -0.39 is 55.4 Å².